The third-order valence-corrected chi connectivity index (χ3v) is 4.87. The summed E-state index contributed by atoms with van der Waals surface area (Å²) < 4.78 is 0. The Labute approximate surface area is 148 Å². The molecule has 0 saturated carbocycles. The van der Waals surface area contributed by atoms with Crippen molar-refractivity contribution in [2.24, 2.45) is 0 Å². The molecule has 24 heavy (non-hydrogen) atoms. The van der Waals surface area contributed by atoms with Crippen LogP contribution >= 0.6 is 0 Å². The summed E-state index contributed by atoms with van der Waals surface area (Å²) in [7, 11) is 0. The molecule has 0 spiro atoms. The molecule has 0 fully saturated rings. The van der Waals surface area contributed by atoms with E-state index in [1.807, 2.05) is 13.0 Å². The summed E-state index contributed by atoms with van der Waals surface area (Å²) >= 11 is 0. The van der Waals surface area contributed by atoms with Gasteiger partial charge in [-0.05, 0) is 29.9 Å². The largest absolute Gasteiger partial charge is 0.481 e. The quantitative estimate of drug-likeness (QED) is 0.383. The van der Waals surface area contributed by atoms with Gasteiger partial charge in [0.2, 0.25) is 0 Å². The number of rotatable bonds is 14. The van der Waals surface area contributed by atoms with Gasteiger partial charge < -0.3 is 5.11 Å². The third kappa shape index (κ3) is 9.10. The van der Waals surface area contributed by atoms with E-state index in [2.05, 4.69) is 25.1 Å². The van der Waals surface area contributed by atoms with Crippen LogP contribution in [0, 0.1) is 0 Å². The molecule has 1 aromatic carbocycles. The summed E-state index contributed by atoms with van der Waals surface area (Å²) in [6, 6.07) is 8.36. The molecule has 1 aromatic rings. The van der Waals surface area contributed by atoms with E-state index < -0.39 is 5.97 Å². The number of unbranched alkanes of at least 4 members (excludes halogenated alkanes) is 9. The first kappa shape index (κ1) is 20.7. The van der Waals surface area contributed by atoms with Crippen molar-refractivity contribution in [1.29, 1.82) is 0 Å². The highest BCUT2D eigenvalue weighted by atomic mass is 16.4. The number of aliphatic carboxylic acids is 1. The molecule has 0 aliphatic rings. The van der Waals surface area contributed by atoms with Gasteiger partial charge >= 0.3 is 5.97 Å². The van der Waals surface area contributed by atoms with Gasteiger partial charge in [-0.2, -0.15) is 0 Å². The summed E-state index contributed by atoms with van der Waals surface area (Å²) in [6.45, 7) is 4.28. The zero-order chi connectivity index (χ0) is 17.6. The van der Waals surface area contributed by atoms with Crippen molar-refractivity contribution >= 4 is 5.97 Å². The fraction of sp³-hybridized carbons (Fsp3) is 0.682. The highest BCUT2D eigenvalue weighted by Crippen LogP contribution is 2.24. The average molecular weight is 333 g/mol. The fourth-order valence-corrected chi connectivity index (χ4v) is 3.42. The fourth-order valence-electron chi connectivity index (χ4n) is 3.42. The molecule has 0 bridgehead atoms. The maximum Gasteiger partial charge on any atom is 0.303 e. The van der Waals surface area contributed by atoms with Gasteiger partial charge in [0, 0.05) is 0 Å². The Kier molecular flexibility index (Phi) is 11.3. The number of benzene rings is 1. The number of carbonyl (C=O) groups is 1. The van der Waals surface area contributed by atoms with Crippen molar-refractivity contribution < 1.29 is 9.90 Å². The second kappa shape index (κ2) is 13.0. The highest BCUT2D eigenvalue weighted by Gasteiger charge is 2.13. The number of aryl methyl sites for hydroxylation is 1. The zero-order valence-corrected chi connectivity index (χ0v) is 15.7. The van der Waals surface area contributed by atoms with E-state index in [1.54, 1.807) is 0 Å². The second-order valence-corrected chi connectivity index (χ2v) is 7.13. The van der Waals surface area contributed by atoms with Crippen molar-refractivity contribution in [3.63, 3.8) is 0 Å². The molecule has 1 N–H and O–H groups in total. The summed E-state index contributed by atoms with van der Waals surface area (Å²) in [6.07, 6.45) is 14.8. The van der Waals surface area contributed by atoms with Gasteiger partial charge in [0.25, 0.3) is 0 Å². The van der Waals surface area contributed by atoms with E-state index in [1.165, 1.54) is 75.3 Å². The molecule has 0 aliphatic carbocycles. The first-order valence-corrected chi connectivity index (χ1v) is 9.94. The van der Waals surface area contributed by atoms with Crippen molar-refractivity contribution in [3.8, 4) is 0 Å². The van der Waals surface area contributed by atoms with Gasteiger partial charge in [0.15, 0.2) is 0 Å². The standard InChI is InChI=1S/C22H36O2/c1-3-4-5-6-7-8-9-10-11-12-15-20-16-13-14-17-21(20)19(2)18-22(23)24/h13-14,16-17,19H,3-12,15,18H2,1-2H3,(H,23,24). The number of carboxylic acid groups (broad SMARTS) is 1. The smallest absolute Gasteiger partial charge is 0.303 e. The van der Waals surface area contributed by atoms with Crippen LogP contribution in [0.15, 0.2) is 24.3 Å². The van der Waals surface area contributed by atoms with Crippen LogP contribution in [0.25, 0.3) is 0 Å². The maximum atomic E-state index is 10.9. The summed E-state index contributed by atoms with van der Waals surface area (Å²) in [5.74, 6) is -0.613. The lowest BCUT2D eigenvalue weighted by atomic mass is 9.90. The summed E-state index contributed by atoms with van der Waals surface area (Å²) in [5.41, 5.74) is 2.56. The monoisotopic (exact) mass is 332 g/mol. The van der Waals surface area contributed by atoms with Crippen LogP contribution in [-0.4, -0.2) is 11.1 Å². The highest BCUT2D eigenvalue weighted by molar-refractivity contribution is 5.68. The molecule has 2 heteroatoms. The number of hydrogen-bond acceptors (Lipinski definition) is 1. The molecule has 0 radical (unpaired) electrons. The van der Waals surface area contributed by atoms with Crippen LogP contribution < -0.4 is 0 Å². The Morgan fingerprint density at radius 2 is 1.46 bits per heavy atom. The van der Waals surface area contributed by atoms with Gasteiger partial charge in [-0.3, -0.25) is 4.79 Å². The van der Waals surface area contributed by atoms with E-state index in [9.17, 15) is 4.79 Å². The van der Waals surface area contributed by atoms with Gasteiger partial charge in [0.1, 0.15) is 0 Å². The predicted octanol–water partition coefficient (Wildman–Crippen LogP) is 6.73. The van der Waals surface area contributed by atoms with Gasteiger partial charge in [-0.1, -0.05) is 95.9 Å². The third-order valence-electron chi connectivity index (χ3n) is 4.87. The minimum absolute atomic E-state index is 0.0989. The molecule has 136 valence electrons. The summed E-state index contributed by atoms with van der Waals surface area (Å²) in [5, 5.41) is 9.00. The lowest BCUT2D eigenvalue weighted by Gasteiger charge is -2.15. The molecule has 1 rings (SSSR count). The van der Waals surface area contributed by atoms with E-state index in [-0.39, 0.29) is 12.3 Å². The van der Waals surface area contributed by atoms with Gasteiger partial charge in [-0.25, -0.2) is 0 Å². The van der Waals surface area contributed by atoms with Crippen molar-refractivity contribution in [3.05, 3.63) is 35.4 Å². The average Bonchev–Trinajstić information content (AvgIpc) is 2.56. The van der Waals surface area contributed by atoms with Crippen molar-refractivity contribution in [2.75, 3.05) is 0 Å². The van der Waals surface area contributed by atoms with E-state index in [4.69, 9.17) is 5.11 Å². The van der Waals surface area contributed by atoms with Crippen molar-refractivity contribution in [2.45, 2.75) is 96.8 Å². The van der Waals surface area contributed by atoms with E-state index >= 15 is 0 Å². The molecule has 0 amide bonds. The first-order chi connectivity index (χ1) is 11.6. The normalized spacial score (nSPS) is 12.2. The Bertz CT molecular complexity index is 453. The molecule has 2 nitrogen and oxygen atoms in total. The molecule has 0 saturated heterocycles. The first-order valence-electron chi connectivity index (χ1n) is 9.94. The molecular weight excluding hydrogens is 296 g/mol. The number of carboxylic acids is 1. The summed E-state index contributed by atoms with van der Waals surface area (Å²) in [4.78, 5) is 10.9. The Balaban J connectivity index is 2.20. The van der Waals surface area contributed by atoms with Crippen LogP contribution in [0.1, 0.15) is 102 Å². The van der Waals surface area contributed by atoms with Crippen LogP contribution in [0.2, 0.25) is 0 Å². The zero-order valence-electron chi connectivity index (χ0n) is 15.7. The van der Waals surface area contributed by atoms with E-state index in [0.29, 0.717) is 0 Å². The Hall–Kier alpha value is -1.31. The topological polar surface area (TPSA) is 37.3 Å². The van der Waals surface area contributed by atoms with Gasteiger partial charge in [-0.15, -0.1) is 0 Å². The minimum atomic E-state index is -0.712. The van der Waals surface area contributed by atoms with Gasteiger partial charge in [0.05, 0.1) is 6.42 Å². The second-order valence-electron chi connectivity index (χ2n) is 7.13. The number of hydrogen-bond donors (Lipinski definition) is 1. The van der Waals surface area contributed by atoms with E-state index in [0.717, 1.165) is 6.42 Å². The molecular formula is C22H36O2. The SMILES string of the molecule is CCCCCCCCCCCCc1ccccc1C(C)CC(=O)O. The van der Waals surface area contributed by atoms with Crippen LogP contribution in [0.3, 0.4) is 0 Å². The molecule has 0 aromatic heterocycles. The Morgan fingerprint density at radius 1 is 0.917 bits per heavy atom. The molecule has 0 heterocycles. The van der Waals surface area contributed by atoms with Crippen LogP contribution in [0.4, 0.5) is 0 Å². The molecule has 0 aliphatic heterocycles. The lowest BCUT2D eigenvalue weighted by Crippen LogP contribution is -2.05. The van der Waals surface area contributed by atoms with Crippen LogP contribution in [0.5, 0.6) is 0 Å². The van der Waals surface area contributed by atoms with Crippen LogP contribution in [-0.2, 0) is 11.2 Å². The molecule has 1 atom stereocenters. The Morgan fingerprint density at radius 3 is 2.04 bits per heavy atom. The minimum Gasteiger partial charge on any atom is -0.481 e. The molecule has 1 unspecified atom stereocenters. The predicted molar refractivity (Wildman–Crippen MR) is 103 cm³/mol. The maximum absolute atomic E-state index is 10.9. The lowest BCUT2D eigenvalue weighted by molar-refractivity contribution is -0.137. The van der Waals surface area contributed by atoms with Crippen molar-refractivity contribution in [1.82, 2.24) is 0 Å².